The minimum Gasteiger partial charge on any atom is -0.379 e. The molecule has 0 unspecified atom stereocenters. The number of aromatic nitrogens is 3. The van der Waals surface area contributed by atoms with E-state index >= 15 is 0 Å². The van der Waals surface area contributed by atoms with Crippen LogP contribution in [0.1, 0.15) is 50.1 Å². The number of ether oxygens (including phenoxy) is 1. The van der Waals surface area contributed by atoms with Crippen LogP contribution in [0.4, 0.5) is 5.95 Å². The molecule has 0 aromatic carbocycles. The molecule has 1 N–H and O–H groups in total. The van der Waals surface area contributed by atoms with Gasteiger partial charge in [0.05, 0.1) is 13.2 Å². The van der Waals surface area contributed by atoms with E-state index in [-0.39, 0.29) is 23.2 Å². The summed E-state index contributed by atoms with van der Waals surface area (Å²) in [6.07, 6.45) is 6.81. The number of anilines is 1. The van der Waals surface area contributed by atoms with Crippen molar-refractivity contribution in [1.29, 1.82) is 5.26 Å². The molecule has 0 bridgehead atoms. The Morgan fingerprint density at radius 2 is 1.74 bits per heavy atom. The summed E-state index contributed by atoms with van der Waals surface area (Å²) in [6, 6.07) is 3.63. The maximum atomic E-state index is 12.9. The minimum absolute atomic E-state index is 0.0265. The molecule has 1 saturated carbocycles. The van der Waals surface area contributed by atoms with Crippen LogP contribution in [-0.4, -0.2) is 77.0 Å². The Bertz CT molecular complexity index is 1250. The van der Waals surface area contributed by atoms with Gasteiger partial charge in [-0.05, 0) is 31.7 Å². The number of hydrogen-bond donors (Lipinski definition) is 1. The number of rotatable bonds is 5. The van der Waals surface area contributed by atoms with Gasteiger partial charge in [0.1, 0.15) is 17.3 Å². The van der Waals surface area contributed by atoms with E-state index in [1.54, 1.807) is 21.1 Å². The molecule has 2 aromatic heterocycles. The maximum absolute atomic E-state index is 12.9. The molecule has 2 aromatic rings. The number of nitriles is 1. The van der Waals surface area contributed by atoms with Crippen molar-refractivity contribution < 1.29 is 13.2 Å². The van der Waals surface area contributed by atoms with Crippen molar-refractivity contribution in [3.05, 3.63) is 28.2 Å². The number of pyridine rings is 1. The number of nitrogens with zero attached hydrogens (tertiary/aromatic N) is 6. The molecule has 182 valence electrons. The number of morpholine rings is 1. The second kappa shape index (κ2) is 9.58. The first-order valence-electron chi connectivity index (χ1n) is 11.9. The van der Waals surface area contributed by atoms with Crippen molar-refractivity contribution in [1.82, 2.24) is 23.1 Å². The first kappa shape index (κ1) is 23.2. The van der Waals surface area contributed by atoms with E-state index in [0.717, 1.165) is 25.7 Å². The van der Waals surface area contributed by atoms with Gasteiger partial charge in [0.25, 0.3) is 15.8 Å². The molecule has 2 saturated heterocycles. The normalized spacial score (nSPS) is 21.6. The van der Waals surface area contributed by atoms with Gasteiger partial charge in [-0.3, -0.25) is 9.36 Å². The van der Waals surface area contributed by atoms with Crippen molar-refractivity contribution in [2.45, 2.75) is 50.6 Å². The third kappa shape index (κ3) is 4.40. The smallest absolute Gasteiger partial charge is 0.282 e. The number of piperidine rings is 1. The van der Waals surface area contributed by atoms with E-state index in [2.05, 4.69) is 15.3 Å². The zero-order chi connectivity index (χ0) is 23.7. The molecule has 3 fully saturated rings. The van der Waals surface area contributed by atoms with Gasteiger partial charge in [-0.25, -0.2) is 4.98 Å². The summed E-state index contributed by atoms with van der Waals surface area (Å²) < 4.78 is 35.8. The van der Waals surface area contributed by atoms with Crippen LogP contribution in [0.3, 0.4) is 0 Å². The van der Waals surface area contributed by atoms with E-state index in [1.165, 1.54) is 4.31 Å². The molecule has 0 spiro atoms. The fraction of sp³-hybridized carbons (Fsp3) is 0.636. The fourth-order valence-corrected chi connectivity index (χ4v) is 6.73. The van der Waals surface area contributed by atoms with Crippen molar-refractivity contribution in [3.63, 3.8) is 0 Å². The molecule has 11 nitrogen and oxygen atoms in total. The standard InChI is InChI=1S/C22H29N7O4S/c23-14-16-13-17-15-24-22(26-20(17)29(21(16)30)19-3-1-2-4-19)25-18-5-7-27(8-6-18)34(31,32)28-9-11-33-12-10-28/h13,15,18-19H,1-12H2,(H,24,25,26). The summed E-state index contributed by atoms with van der Waals surface area (Å²) >= 11 is 0. The lowest BCUT2D eigenvalue weighted by Gasteiger charge is -2.36. The summed E-state index contributed by atoms with van der Waals surface area (Å²) in [5, 5.41) is 13.4. The highest BCUT2D eigenvalue weighted by molar-refractivity contribution is 7.86. The van der Waals surface area contributed by atoms with Gasteiger partial charge in [-0.2, -0.15) is 27.3 Å². The van der Waals surface area contributed by atoms with Crippen LogP contribution < -0.4 is 10.9 Å². The van der Waals surface area contributed by atoms with E-state index in [4.69, 9.17) is 4.74 Å². The monoisotopic (exact) mass is 487 g/mol. The van der Waals surface area contributed by atoms with E-state index in [0.29, 0.717) is 69.2 Å². The third-order valence-electron chi connectivity index (χ3n) is 6.99. The number of fused-ring (bicyclic) bond motifs is 1. The lowest BCUT2D eigenvalue weighted by Crippen LogP contribution is -2.51. The zero-order valence-electron chi connectivity index (χ0n) is 19.0. The third-order valence-corrected chi connectivity index (χ3v) is 9.03. The van der Waals surface area contributed by atoms with Crippen LogP contribution in [0.15, 0.2) is 17.1 Å². The topological polar surface area (TPSA) is 133 Å². The van der Waals surface area contributed by atoms with E-state index < -0.39 is 10.2 Å². The molecule has 12 heteroatoms. The maximum Gasteiger partial charge on any atom is 0.282 e. The molecule has 3 aliphatic rings. The molecule has 0 amide bonds. The Balaban J connectivity index is 1.32. The van der Waals surface area contributed by atoms with Gasteiger partial charge in [0.2, 0.25) is 5.95 Å². The Morgan fingerprint density at radius 1 is 1.06 bits per heavy atom. The van der Waals surface area contributed by atoms with Crippen molar-refractivity contribution in [3.8, 4) is 6.07 Å². The van der Waals surface area contributed by atoms with Gasteiger partial charge < -0.3 is 10.1 Å². The number of hydrogen-bond acceptors (Lipinski definition) is 8. The second-order valence-corrected chi connectivity index (χ2v) is 11.0. The highest BCUT2D eigenvalue weighted by atomic mass is 32.2. The first-order chi connectivity index (χ1) is 16.5. The van der Waals surface area contributed by atoms with Crippen molar-refractivity contribution in [2.24, 2.45) is 0 Å². The van der Waals surface area contributed by atoms with Crippen molar-refractivity contribution in [2.75, 3.05) is 44.7 Å². The van der Waals surface area contributed by atoms with Crippen LogP contribution in [0.25, 0.3) is 11.0 Å². The van der Waals surface area contributed by atoms with Crippen LogP contribution in [0.2, 0.25) is 0 Å². The molecular weight excluding hydrogens is 458 g/mol. The average molecular weight is 488 g/mol. The van der Waals surface area contributed by atoms with Crippen LogP contribution in [0.5, 0.6) is 0 Å². The van der Waals surface area contributed by atoms with Gasteiger partial charge >= 0.3 is 0 Å². The summed E-state index contributed by atoms with van der Waals surface area (Å²) in [4.78, 5) is 22.0. The van der Waals surface area contributed by atoms with Gasteiger partial charge in [0, 0.05) is 49.8 Å². The highest BCUT2D eigenvalue weighted by Crippen LogP contribution is 2.31. The van der Waals surface area contributed by atoms with Gasteiger partial charge in [0.15, 0.2) is 0 Å². The van der Waals surface area contributed by atoms with Crippen molar-refractivity contribution >= 4 is 27.2 Å². The molecule has 5 rings (SSSR count). The molecule has 2 aliphatic heterocycles. The largest absolute Gasteiger partial charge is 0.379 e. The Morgan fingerprint density at radius 3 is 2.41 bits per heavy atom. The minimum atomic E-state index is -3.47. The molecule has 0 radical (unpaired) electrons. The number of nitrogens with one attached hydrogen (secondary N) is 1. The summed E-state index contributed by atoms with van der Waals surface area (Å²) in [5.74, 6) is 0.415. The Hall–Kier alpha value is -2.59. The van der Waals surface area contributed by atoms with Crippen LogP contribution >= 0.6 is 0 Å². The average Bonchev–Trinajstić information content (AvgIpc) is 3.39. The molecule has 4 heterocycles. The van der Waals surface area contributed by atoms with E-state index in [1.807, 2.05) is 6.07 Å². The summed E-state index contributed by atoms with van der Waals surface area (Å²) in [5.41, 5.74) is 0.353. The van der Waals surface area contributed by atoms with E-state index in [9.17, 15) is 18.5 Å². The zero-order valence-corrected chi connectivity index (χ0v) is 19.8. The summed E-state index contributed by atoms with van der Waals surface area (Å²) in [7, 11) is -3.47. The first-order valence-corrected chi connectivity index (χ1v) is 13.3. The van der Waals surface area contributed by atoms with Gasteiger partial charge in [-0.1, -0.05) is 12.8 Å². The van der Waals surface area contributed by atoms with Crippen LogP contribution in [0, 0.1) is 11.3 Å². The molecule has 0 atom stereocenters. The molecule has 34 heavy (non-hydrogen) atoms. The molecular formula is C22H29N7O4S. The predicted octanol–water partition coefficient (Wildman–Crippen LogP) is 1.23. The lowest BCUT2D eigenvalue weighted by atomic mass is 10.1. The fourth-order valence-electron chi connectivity index (χ4n) is 5.13. The SMILES string of the molecule is N#Cc1cc2cnc(NC3CCN(S(=O)(=O)N4CCOCC4)CC3)nc2n(C2CCCC2)c1=O. The molecule has 1 aliphatic carbocycles. The lowest BCUT2D eigenvalue weighted by molar-refractivity contribution is 0.0696. The Labute approximate surface area is 198 Å². The predicted molar refractivity (Wildman–Crippen MR) is 126 cm³/mol. The van der Waals surface area contributed by atoms with Crippen LogP contribution in [-0.2, 0) is 14.9 Å². The second-order valence-electron chi connectivity index (χ2n) is 9.09. The Kier molecular flexibility index (Phi) is 6.52. The highest BCUT2D eigenvalue weighted by Gasteiger charge is 2.34. The van der Waals surface area contributed by atoms with Gasteiger partial charge in [-0.15, -0.1) is 0 Å². The quantitative estimate of drug-likeness (QED) is 0.666. The summed E-state index contributed by atoms with van der Waals surface area (Å²) in [6.45, 7) is 2.48.